The Balaban J connectivity index is 2.57. The molecule has 3 heteroatoms. The van der Waals surface area contributed by atoms with E-state index >= 15 is 0 Å². The lowest BCUT2D eigenvalue weighted by molar-refractivity contribution is 0.384. The number of aromatic nitrogens is 1. The largest absolute Gasteiger partial charge is 0.360 e. The van der Waals surface area contributed by atoms with Crippen LogP contribution in [0.5, 0.6) is 0 Å². The van der Waals surface area contributed by atoms with Gasteiger partial charge < -0.3 is 4.52 Å². The van der Waals surface area contributed by atoms with Crippen LogP contribution in [0.25, 0.3) is 0 Å². The minimum atomic E-state index is 0.479. The fourth-order valence-corrected chi connectivity index (χ4v) is 1.31. The first kappa shape index (κ1) is 5.48. The molecule has 0 aliphatic heterocycles. The average Bonchev–Trinajstić information content (AvgIpc) is 2.44. The Morgan fingerprint density at radius 1 is 1.50 bits per heavy atom. The van der Waals surface area contributed by atoms with E-state index in [0.717, 1.165) is 30.6 Å². The van der Waals surface area contributed by atoms with E-state index in [1.807, 2.05) is 6.07 Å². The van der Waals surface area contributed by atoms with Crippen molar-refractivity contribution < 1.29 is 4.52 Å². The molecule has 0 bridgehead atoms. The Hall–Kier alpha value is -1.30. The Kier molecular flexibility index (Phi) is 1.01. The molecule has 1 aliphatic rings. The standard InChI is InChI=1S/C7H6N2O/c8-4-6-5-2-1-3-7(5)10-9-6/h1-3H2. The number of hydrogen-bond donors (Lipinski definition) is 0. The fraction of sp³-hybridized carbons (Fsp3) is 0.429. The molecule has 0 saturated carbocycles. The van der Waals surface area contributed by atoms with Gasteiger partial charge in [-0.25, -0.2) is 0 Å². The summed E-state index contributed by atoms with van der Waals surface area (Å²) in [5, 5.41) is 12.1. The van der Waals surface area contributed by atoms with Crippen LogP contribution >= 0.6 is 0 Å². The highest BCUT2D eigenvalue weighted by Crippen LogP contribution is 2.23. The molecule has 10 heavy (non-hydrogen) atoms. The highest BCUT2D eigenvalue weighted by Gasteiger charge is 2.20. The molecule has 0 N–H and O–H groups in total. The van der Waals surface area contributed by atoms with Crippen LogP contribution in [0.1, 0.15) is 23.4 Å². The molecule has 1 heterocycles. The Bertz CT molecular complexity index is 295. The molecule has 0 amide bonds. The van der Waals surface area contributed by atoms with Crippen LogP contribution in [0.15, 0.2) is 4.52 Å². The van der Waals surface area contributed by atoms with Crippen LogP contribution in [0, 0.1) is 11.3 Å². The van der Waals surface area contributed by atoms with Gasteiger partial charge in [-0.05, 0) is 12.8 Å². The summed E-state index contributed by atoms with van der Waals surface area (Å²) in [7, 11) is 0. The predicted octanol–water partition coefficient (Wildman–Crippen LogP) is 1.03. The molecule has 0 aromatic carbocycles. The summed E-state index contributed by atoms with van der Waals surface area (Å²) < 4.78 is 4.93. The van der Waals surface area contributed by atoms with E-state index < -0.39 is 0 Å². The van der Waals surface area contributed by atoms with Gasteiger partial charge in [-0.2, -0.15) is 5.26 Å². The normalized spacial score (nSPS) is 14.7. The number of hydrogen-bond acceptors (Lipinski definition) is 3. The number of rotatable bonds is 0. The average molecular weight is 134 g/mol. The van der Waals surface area contributed by atoms with E-state index in [0.29, 0.717) is 5.69 Å². The number of nitrogens with zero attached hydrogens (tertiary/aromatic N) is 2. The van der Waals surface area contributed by atoms with Crippen molar-refractivity contribution in [2.24, 2.45) is 0 Å². The molecule has 0 spiro atoms. The second kappa shape index (κ2) is 1.84. The van der Waals surface area contributed by atoms with Gasteiger partial charge in [0.2, 0.25) is 0 Å². The van der Waals surface area contributed by atoms with Crippen molar-refractivity contribution in [1.82, 2.24) is 5.16 Å². The van der Waals surface area contributed by atoms with Crippen molar-refractivity contribution in [2.75, 3.05) is 0 Å². The molecule has 0 radical (unpaired) electrons. The van der Waals surface area contributed by atoms with E-state index in [1.165, 1.54) is 0 Å². The lowest BCUT2D eigenvalue weighted by atomic mass is 10.2. The first-order chi connectivity index (χ1) is 4.92. The first-order valence-electron chi connectivity index (χ1n) is 3.29. The minimum absolute atomic E-state index is 0.479. The van der Waals surface area contributed by atoms with Crippen LogP contribution in [-0.4, -0.2) is 5.16 Å². The summed E-state index contributed by atoms with van der Waals surface area (Å²) in [5.74, 6) is 0.913. The van der Waals surface area contributed by atoms with Crippen molar-refractivity contribution in [3.8, 4) is 6.07 Å². The molecule has 3 nitrogen and oxygen atoms in total. The fourth-order valence-electron chi connectivity index (χ4n) is 1.31. The van der Waals surface area contributed by atoms with E-state index in [-0.39, 0.29) is 0 Å². The highest BCUT2D eigenvalue weighted by molar-refractivity contribution is 5.35. The van der Waals surface area contributed by atoms with Crippen LogP contribution in [-0.2, 0) is 12.8 Å². The molecule has 1 aromatic rings. The zero-order chi connectivity index (χ0) is 6.97. The Morgan fingerprint density at radius 3 is 3.20 bits per heavy atom. The summed E-state index contributed by atoms with van der Waals surface area (Å²) >= 11 is 0. The summed E-state index contributed by atoms with van der Waals surface area (Å²) in [4.78, 5) is 0. The zero-order valence-electron chi connectivity index (χ0n) is 5.42. The second-order valence-corrected chi connectivity index (χ2v) is 2.40. The molecule has 1 aliphatic carbocycles. The third-order valence-electron chi connectivity index (χ3n) is 1.81. The van der Waals surface area contributed by atoms with Gasteiger partial charge in [-0.3, -0.25) is 0 Å². The Morgan fingerprint density at radius 2 is 2.40 bits per heavy atom. The van der Waals surface area contributed by atoms with Gasteiger partial charge in [-0.1, -0.05) is 5.16 Å². The minimum Gasteiger partial charge on any atom is -0.360 e. The van der Waals surface area contributed by atoms with Gasteiger partial charge in [0.05, 0.1) is 0 Å². The van der Waals surface area contributed by atoms with Crippen molar-refractivity contribution in [3.63, 3.8) is 0 Å². The maximum absolute atomic E-state index is 8.52. The van der Waals surface area contributed by atoms with Gasteiger partial charge in [0.15, 0.2) is 5.69 Å². The second-order valence-electron chi connectivity index (χ2n) is 2.40. The molecule has 0 unspecified atom stereocenters. The Labute approximate surface area is 58.2 Å². The smallest absolute Gasteiger partial charge is 0.186 e. The predicted molar refractivity (Wildman–Crippen MR) is 33.2 cm³/mol. The quantitative estimate of drug-likeness (QED) is 0.532. The van der Waals surface area contributed by atoms with Crippen LogP contribution in [0.3, 0.4) is 0 Å². The highest BCUT2D eigenvalue weighted by atomic mass is 16.5. The van der Waals surface area contributed by atoms with Gasteiger partial charge in [0.1, 0.15) is 11.8 Å². The molecule has 2 rings (SSSR count). The number of aryl methyl sites for hydroxylation is 1. The van der Waals surface area contributed by atoms with E-state index in [2.05, 4.69) is 5.16 Å². The van der Waals surface area contributed by atoms with Gasteiger partial charge in [0.25, 0.3) is 0 Å². The van der Waals surface area contributed by atoms with E-state index in [1.54, 1.807) is 0 Å². The van der Waals surface area contributed by atoms with Crippen molar-refractivity contribution >= 4 is 0 Å². The summed E-state index contributed by atoms with van der Waals surface area (Å²) in [5.41, 5.74) is 1.51. The third-order valence-corrected chi connectivity index (χ3v) is 1.81. The zero-order valence-corrected chi connectivity index (χ0v) is 5.42. The topological polar surface area (TPSA) is 49.8 Å². The molecular weight excluding hydrogens is 128 g/mol. The maximum Gasteiger partial charge on any atom is 0.186 e. The molecular formula is C7H6N2O. The van der Waals surface area contributed by atoms with Crippen LogP contribution in [0.4, 0.5) is 0 Å². The SMILES string of the molecule is N#Cc1noc2c1CCC2. The molecule has 1 aromatic heterocycles. The van der Waals surface area contributed by atoms with Crippen LogP contribution in [0.2, 0.25) is 0 Å². The lowest BCUT2D eigenvalue weighted by Crippen LogP contribution is -1.80. The van der Waals surface area contributed by atoms with E-state index in [4.69, 9.17) is 9.78 Å². The summed E-state index contributed by atoms with van der Waals surface area (Å²) in [6, 6.07) is 2.00. The van der Waals surface area contributed by atoms with Crippen molar-refractivity contribution in [1.29, 1.82) is 5.26 Å². The van der Waals surface area contributed by atoms with Crippen molar-refractivity contribution in [2.45, 2.75) is 19.3 Å². The molecule has 0 fully saturated rings. The molecule has 0 saturated heterocycles. The number of fused-ring (bicyclic) bond motifs is 1. The van der Waals surface area contributed by atoms with Gasteiger partial charge in [0, 0.05) is 12.0 Å². The van der Waals surface area contributed by atoms with E-state index in [9.17, 15) is 0 Å². The van der Waals surface area contributed by atoms with Crippen molar-refractivity contribution in [3.05, 3.63) is 17.0 Å². The third kappa shape index (κ3) is 0.561. The molecule has 50 valence electrons. The summed E-state index contributed by atoms with van der Waals surface area (Å²) in [6.45, 7) is 0. The monoisotopic (exact) mass is 134 g/mol. The first-order valence-corrected chi connectivity index (χ1v) is 3.29. The van der Waals surface area contributed by atoms with Gasteiger partial charge >= 0.3 is 0 Å². The molecule has 0 atom stereocenters. The lowest BCUT2D eigenvalue weighted by Gasteiger charge is -1.80. The summed E-state index contributed by atoms with van der Waals surface area (Å²) in [6.07, 6.45) is 3.01. The maximum atomic E-state index is 8.52. The van der Waals surface area contributed by atoms with Gasteiger partial charge in [-0.15, -0.1) is 0 Å². The number of nitriles is 1. The van der Waals surface area contributed by atoms with Crippen LogP contribution < -0.4 is 0 Å².